The van der Waals surface area contributed by atoms with Gasteiger partial charge in [-0.25, -0.2) is 0 Å². The molecular weight excluding hydrogens is 266 g/mol. The molecule has 0 saturated carbocycles. The van der Waals surface area contributed by atoms with Gasteiger partial charge in [0.25, 0.3) is 0 Å². The van der Waals surface area contributed by atoms with E-state index < -0.39 is 0 Å². The van der Waals surface area contributed by atoms with E-state index in [-0.39, 0.29) is 6.04 Å². The number of benzene rings is 1. The minimum atomic E-state index is -0.0662. The first-order valence-corrected chi connectivity index (χ1v) is 6.65. The normalized spacial score (nSPS) is 11.5. The molecule has 0 aliphatic heterocycles. The number of ether oxygens (including phenoxy) is 2. The Morgan fingerprint density at radius 3 is 2.67 bits per heavy atom. The Morgan fingerprint density at radius 2 is 2.10 bits per heavy atom. The van der Waals surface area contributed by atoms with Crippen LogP contribution < -0.4 is 15.2 Å². The van der Waals surface area contributed by atoms with Crippen LogP contribution in [0.1, 0.15) is 30.6 Å². The van der Waals surface area contributed by atoms with E-state index in [1.165, 1.54) is 7.11 Å². The summed E-state index contributed by atoms with van der Waals surface area (Å²) in [5, 5.41) is 8.88. The zero-order chi connectivity index (χ0) is 15.2. The maximum atomic E-state index is 8.88. The number of hydrogen-bond acceptors (Lipinski definition) is 5. The lowest BCUT2D eigenvalue weighted by Gasteiger charge is -2.12. The number of nitrogens with two attached hydrogens (primary N) is 1. The highest BCUT2D eigenvalue weighted by molar-refractivity contribution is 5.48. The summed E-state index contributed by atoms with van der Waals surface area (Å²) in [5.41, 5.74) is 7.27. The molecular formula is C16H17N3O2. The molecule has 0 aliphatic carbocycles. The van der Waals surface area contributed by atoms with Crippen molar-refractivity contribution >= 4 is 0 Å². The van der Waals surface area contributed by atoms with Gasteiger partial charge in [-0.05, 0) is 30.7 Å². The molecule has 2 rings (SSSR count). The van der Waals surface area contributed by atoms with Gasteiger partial charge in [0.05, 0.1) is 30.6 Å². The van der Waals surface area contributed by atoms with Gasteiger partial charge in [0.15, 0.2) is 11.5 Å². The van der Waals surface area contributed by atoms with E-state index >= 15 is 0 Å². The quantitative estimate of drug-likeness (QED) is 0.911. The Morgan fingerprint density at radius 1 is 1.29 bits per heavy atom. The summed E-state index contributed by atoms with van der Waals surface area (Å²) in [6.07, 6.45) is 2.46. The summed E-state index contributed by atoms with van der Waals surface area (Å²) in [4.78, 5) is 4.29. The number of pyridine rings is 1. The van der Waals surface area contributed by atoms with Crippen LogP contribution in [0.25, 0.3) is 0 Å². The van der Waals surface area contributed by atoms with Crippen molar-refractivity contribution in [2.75, 3.05) is 7.11 Å². The zero-order valence-corrected chi connectivity index (χ0v) is 12.0. The van der Waals surface area contributed by atoms with Crippen molar-refractivity contribution in [2.45, 2.75) is 19.4 Å². The fraction of sp³-hybridized carbons (Fsp3) is 0.250. The Labute approximate surface area is 123 Å². The van der Waals surface area contributed by atoms with Gasteiger partial charge in [0, 0.05) is 12.1 Å². The number of hydrogen-bond donors (Lipinski definition) is 1. The van der Waals surface area contributed by atoms with E-state index in [1.54, 1.807) is 24.4 Å². The van der Waals surface area contributed by atoms with Crippen LogP contribution in [0.2, 0.25) is 0 Å². The summed E-state index contributed by atoms with van der Waals surface area (Å²) in [5.74, 6) is 1.62. The van der Waals surface area contributed by atoms with Crippen LogP contribution in [-0.2, 0) is 0 Å². The number of aromatic nitrogens is 1. The van der Waals surface area contributed by atoms with Gasteiger partial charge in [0.2, 0.25) is 0 Å². The zero-order valence-electron chi connectivity index (χ0n) is 12.0. The van der Waals surface area contributed by atoms with Gasteiger partial charge in [0.1, 0.15) is 5.75 Å². The molecule has 1 heterocycles. The van der Waals surface area contributed by atoms with E-state index in [0.29, 0.717) is 22.8 Å². The van der Waals surface area contributed by atoms with Crippen molar-refractivity contribution in [2.24, 2.45) is 5.73 Å². The second kappa shape index (κ2) is 6.73. The third kappa shape index (κ3) is 3.50. The topological polar surface area (TPSA) is 81.2 Å². The predicted molar refractivity (Wildman–Crippen MR) is 79.2 cm³/mol. The lowest BCUT2D eigenvalue weighted by molar-refractivity contribution is 0.378. The highest BCUT2D eigenvalue weighted by Crippen LogP contribution is 2.32. The molecule has 0 fully saturated rings. The molecule has 5 nitrogen and oxygen atoms in total. The van der Waals surface area contributed by atoms with Crippen LogP contribution in [0.5, 0.6) is 17.2 Å². The largest absolute Gasteiger partial charge is 0.493 e. The maximum absolute atomic E-state index is 8.88. The fourth-order valence-electron chi connectivity index (χ4n) is 1.83. The van der Waals surface area contributed by atoms with Gasteiger partial charge in [-0.1, -0.05) is 6.92 Å². The Balaban J connectivity index is 2.20. The number of rotatable bonds is 5. The number of nitrogens with zero attached hydrogens (tertiary/aromatic N) is 2. The first-order chi connectivity index (χ1) is 10.2. The molecule has 108 valence electrons. The van der Waals surface area contributed by atoms with Crippen molar-refractivity contribution in [1.82, 2.24) is 4.98 Å². The molecule has 5 heteroatoms. The molecule has 0 spiro atoms. The second-order valence-electron chi connectivity index (χ2n) is 4.51. The summed E-state index contributed by atoms with van der Waals surface area (Å²) in [6.45, 7) is 2.01. The summed E-state index contributed by atoms with van der Waals surface area (Å²) in [6, 6.07) is 10.7. The van der Waals surface area contributed by atoms with Gasteiger partial charge in [-0.3, -0.25) is 4.98 Å². The van der Waals surface area contributed by atoms with Gasteiger partial charge < -0.3 is 15.2 Å². The SMILES string of the molecule is CC[C@H](N)c1ccc(Oc2ccc(C#N)cc2OC)cn1. The average molecular weight is 283 g/mol. The average Bonchev–Trinajstić information content (AvgIpc) is 2.55. The Hall–Kier alpha value is -2.58. The highest BCUT2D eigenvalue weighted by atomic mass is 16.5. The third-order valence-corrected chi connectivity index (χ3v) is 3.10. The molecule has 0 bridgehead atoms. The minimum absolute atomic E-state index is 0.0662. The molecule has 2 N–H and O–H groups in total. The van der Waals surface area contributed by atoms with Crippen LogP contribution in [0.15, 0.2) is 36.5 Å². The fourth-order valence-corrected chi connectivity index (χ4v) is 1.83. The van der Waals surface area contributed by atoms with E-state index in [9.17, 15) is 0 Å². The summed E-state index contributed by atoms with van der Waals surface area (Å²) in [7, 11) is 1.53. The molecule has 2 aromatic rings. The van der Waals surface area contributed by atoms with Crippen LogP contribution in [-0.4, -0.2) is 12.1 Å². The first-order valence-electron chi connectivity index (χ1n) is 6.65. The first kappa shape index (κ1) is 14.8. The molecule has 0 aliphatic rings. The smallest absolute Gasteiger partial charge is 0.169 e. The van der Waals surface area contributed by atoms with Gasteiger partial charge >= 0.3 is 0 Å². The van der Waals surface area contributed by atoms with Crippen LogP contribution in [0, 0.1) is 11.3 Å². The predicted octanol–water partition coefficient (Wildman–Crippen LogP) is 3.16. The second-order valence-corrected chi connectivity index (χ2v) is 4.51. The Bertz CT molecular complexity index is 648. The summed E-state index contributed by atoms with van der Waals surface area (Å²) >= 11 is 0. The molecule has 21 heavy (non-hydrogen) atoms. The van der Waals surface area contributed by atoms with Crippen molar-refractivity contribution in [3.8, 4) is 23.3 Å². The van der Waals surface area contributed by atoms with Crippen molar-refractivity contribution in [1.29, 1.82) is 5.26 Å². The molecule has 0 saturated heterocycles. The van der Waals surface area contributed by atoms with E-state index in [1.807, 2.05) is 19.1 Å². The van der Waals surface area contributed by atoms with Crippen molar-refractivity contribution < 1.29 is 9.47 Å². The molecule has 0 amide bonds. The van der Waals surface area contributed by atoms with E-state index in [2.05, 4.69) is 11.1 Å². The number of methoxy groups -OCH3 is 1. The minimum Gasteiger partial charge on any atom is -0.493 e. The monoisotopic (exact) mass is 283 g/mol. The molecule has 0 radical (unpaired) electrons. The molecule has 1 aromatic carbocycles. The van der Waals surface area contributed by atoms with Crippen LogP contribution in [0.3, 0.4) is 0 Å². The highest BCUT2D eigenvalue weighted by Gasteiger charge is 2.09. The Kier molecular flexibility index (Phi) is 4.75. The third-order valence-electron chi connectivity index (χ3n) is 3.10. The summed E-state index contributed by atoms with van der Waals surface area (Å²) < 4.78 is 11.0. The van der Waals surface area contributed by atoms with Crippen molar-refractivity contribution in [3.05, 3.63) is 47.8 Å². The standard InChI is InChI=1S/C16H17N3O2/c1-3-13(18)14-6-5-12(10-19-14)21-15-7-4-11(9-17)8-16(15)20-2/h4-8,10,13H,3,18H2,1-2H3/t13-/m0/s1. The van der Waals surface area contributed by atoms with Crippen LogP contribution >= 0.6 is 0 Å². The molecule has 1 atom stereocenters. The molecule has 0 unspecified atom stereocenters. The van der Waals surface area contributed by atoms with Gasteiger partial charge in [-0.15, -0.1) is 0 Å². The van der Waals surface area contributed by atoms with Crippen LogP contribution in [0.4, 0.5) is 0 Å². The number of nitriles is 1. The lowest BCUT2D eigenvalue weighted by atomic mass is 10.1. The maximum Gasteiger partial charge on any atom is 0.169 e. The van der Waals surface area contributed by atoms with Gasteiger partial charge in [-0.2, -0.15) is 5.26 Å². The van der Waals surface area contributed by atoms with E-state index in [4.69, 9.17) is 20.5 Å². The lowest BCUT2D eigenvalue weighted by Crippen LogP contribution is -2.10. The van der Waals surface area contributed by atoms with E-state index in [0.717, 1.165) is 12.1 Å². The molecule has 1 aromatic heterocycles. The van der Waals surface area contributed by atoms with Crippen molar-refractivity contribution in [3.63, 3.8) is 0 Å².